The van der Waals surface area contributed by atoms with E-state index in [1.165, 1.54) is 42.0 Å². The highest BCUT2D eigenvalue weighted by molar-refractivity contribution is 5.97. The molecule has 5 heterocycles. The van der Waals surface area contributed by atoms with Gasteiger partial charge in [0.25, 0.3) is 0 Å². The number of halogens is 2. The van der Waals surface area contributed by atoms with E-state index >= 15 is 8.78 Å². The van der Waals surface area contributed by atoms with Gasteiger partial charge >= 0.3 is 5.56 Å². The van der Waals surface area contributed by atoms with Crippen LogP contribution < -0.4 is 19.9 Å². The van der Waals surface area contributed by atoms with E-state index in [2.05, 4.69) is 11.6 Å². The van der Waals surface area contributed by atoms with Crippen molar-refractivity contribution in [1.29, 1.82) is 0 Å². The van der Waals surface area contributed by atoms with Crippen LogP contribution in [-0.2, 0) is 4.79 Å². The number of aromatic nitrogens is 3. The quantitative estimate of drug-likeness (QED) is 0.292. The van der Waals surface area contributed by atoms with Crippen LogP contribution in [0.25, 0.3) is 28.0 Å². The number of hydrogen-bond donors (Lipinski definition) is 0. The van der Waals surface area contributed by atoms with Crippen LogP contribution >= 0.6 is 0 Å². The van der Waals surface area contributed by atoms with Crippen molar-refractivity contribution >= 4 is 22.6 Å². The smallest absolute Gasteiger partial charge is 0.301 e. The van der Waals surface area contributed by atoms with Crippen molar-refractivity contribution in [3.8, 4) is 28.4 Å². The molecule has 0 radical (unpaired) electrons. The summed E-state index contributed by atoms with van der Waals surface area (Å²) < 4.78 is 44.4. The van der Waals surface area contributed by atoms with Crippen molar-refractivity contribution < 1.29 is 23.0 Å². The zero-order valence-corrected chi connectivity index (χ0v) is 25.2. The molecule has 2 atom stereocenters. The van der Waals surface area contributed by atoms with Crippen LogP contribution in [0.15, 0.2) is 54.0 Å². The Kier molecular flexibility index (Phi) is 7.35. The van der Waals surface area contributed by atoms with Gasteiger partial charge in [0.1, 0.15) is 23.9 Å². The number of methoxy groups -OCH3 is 1. The number of nitrogens with zero attached hydrogens (tertiary/aromatic N) is 5. The number of carbonyl (C=O) groups is 1. The number of pyridine rings is 3. The van der Waals surface area contributed by atoms with Gasteiger partial charge in [-0.3, -0.25) is 19.1 Å². The molecule has 2 aliphatic rings. The minimum Gasteiger partial charge on any atom is -0.496 e. The van der Waals surface area contributed by atoms with Gasteiger partial charge in [-0.1, -0.05) is 26.5 Å². The van der Waals surface area contributed by atoms with Gasteiger partial charge in [-0.2, -0.15) is 0 Å². The van der Waals surface area contributed by atoms with Crippen molar-refractivity contribution in [3.05, 3.63) is 82.4 Å². The molecule has 0 unspecified atom stereocenters. The molecule has 11 heteroatoms. The molecule has 228 valence electrons. The molecule has 3 aromatic heterocycles. The van der Waals surface area contributed by atoms with E-state index in [9.17, 15) is 9.59 Å². The predicted molar refractivity (Wildman–Crippen MR) is 164 cm³/mol. The Morgan fingerprint density at radius 2 is 1.95 bits per heavy atom. The lowest BCUT2D eigenvalue weighted by molar-refractivity contribution is -0.129. The van der Waals surface area contributed by atoms with Crippen LogP contribution in [-0.4, -0.2) is 64.2 Å². The molecule has 0 N–H and O–H groups in total. The molecule has 44 heavy (non-hydrogen) atoms. The van der Waals surface area contributed by atoms with Crippen LogP contribution in [0.1, 0.15) is 37.9 Å². The van der Waals surface area contributed by atoms with Crippen molar-refractivity contribution in [2.75, 3.05) is 31.7 Å². The average Bonchev–Trinajstić information content (AvgIpc) is 3.00. The zero-order chi connectivity index (χ0) is 31.4. The fourth-order valence-corrected chi connectivity index (χ4v) is 6.29. The number of aryl methyl sites for hydroxylation is 1. The molecule has 1 aromatic carbocycles. The second kappa shape index (κ2) is 11.0. The summed E-state index contributed by atoms with van der Waals surface area (Å²) in [5.74, 6) is -1.63. The molecule has 4 aromatic rings. The van der Waals surface area contributed by atoms with Crippen molar-refractivity contribution in [1.82, 2.24) is 19.4 Å². The third-order valence-corrected chi connectivity index (χ3v) is 8.40. The van der Waals surface area contributed by atoms with E-state index < -0.39 is 17.2 Å². The molecular weight excluding hydrogens is 568 g/mol. The van der Waals surface area contributed by atoms with Crippen LogP contribution in [0.4, 0.5) is 14.5 Å². The number of fused-ring (bicyclic) bond motifs is 5. The molecule has 1 amide bonds. The van der Waals surface area contributed by atoms with Gasteiger partial charge < -0.3 is 19.3 Å². The number of rotatable bonds is 5. The summed E-state index contributed by atoms with van der Waals surface area (Å²) >= 11 is 0. The zero-order valence-electron chi connectivity index (χ0n) is 25.2. The highest BCUT2D eigenvalue weighted by atomic mass is 19.1. The lowest BCUT2D eigenvalue weighted by atomic mass is 10.0. The molecule has 0 bridgehead atoms. The number of anilines is 1. The topological polar surface area (TPSA) is 89.8 Å². The highest BCUT2D eigenvalue weighted by Crippen LogP contribution is 2.43. The number of amides is 1. The number of benzene rings is 1. The lowest BCUT2D eigenvalue weighted by Crippen LogP contribution is -2.62. The Morgan fingerprint density at radius 1 is 1.18 bits per heavy atom. The summed E-state index contributed by atoms with van der Waals surface area (Å²) in [5.41, 5.74) is 1.47. The Labute approximate surface area is 253 Å². The monoisotopic (exact) mass is 601 g/mol. The third kappa shape index (κ3) is 4.49. The molecule has 0 aliphatic carbocycles. The Bertz CT molecular complexity index is 1890. The van der Waals surface area contributed by atoms with Crippen molar-refractivity contribution in [2.45, 2.75) is 45.7 Å². The Balaban J connectivity index is 1.71. The van der Waals surface area contributed by atoms with Gasteiger partial charge in [0, 0.05) is 30.7 Å². The second-order valence-corrected chi connectivity index (χ2v) is 11.5. The van der Waals surface area contributed by atoms with E-state index in [0.717, 1.165) is 5.56 Å². The van der Waals surface area contributed by atoms with Crippen molar-refractivity contribution in [3.63, 3.8) is 0 Å². The number of hydrogen-bond acceptors (Lipinski definition) is 7. The minimum atomic E-state index is -0.795. The van der Waals surface area contributed by atoms with Gasteiger partial charge in [-0.15, -0.1) is 0 Å². The molecule has 2 aliphatic heterocycles. The van der Waals surface area contributed by atoms with Crippen LogP contribution in [0.3, 0.4) is 0 Å². The molecule has 0 spiro atoms. The van der Waals surface area contributed by atoms with Gasteiger partial charge in [-0.25, -0.2) is 13.8 Å². The first-order valence-electron chi connectivity index (χ1n) is 14.5. The molecule has 1 saturated heterocycles. The molecule has 0 saturated carbocycles. The molecular formula is C33H33F2N5O4. The maximum atomic E-state index is 16.2. The number of piperazine rings is 1. The van der Waals surface area contributed by atoms with E-state index in [1.807, 2.05) is 32.6 Å². The van der Waals surface area contributed by atoms with Gasteiger partial charge in [0.05, 0.1) is 35.8 Å². The highest BCUT2D eigenvalue weighted by Gasteiger charge is 2.41. The summed E-state index contributed by atoms with van der Waals surface area (Å²) in [7, 11) is 1.37. The summed E-state index contributed by atoms with van der Waals surface area (Å²) in [6.45, 7) is 12.2. The average molecular weight is 602 g/mol. The fourth-order valence-electron chi connectivity index (χ4n) is 6.29. The standard InChI is InChI=1S/C33H33F2N5O4/c1-7-25(41)38-15-20-16-44-31-30(39(20)14-19(38)5)21-13-23(35)28(26-22(34)9-8-10-24(26)43-6)37-32(21)40(33(31)42)29-18(4)11-12-36-27(29)17(2)3/h7-13,17,19-20H,1,14-16H2,2-6H3/t19-,20-/m1/s1. The van der Waals surface area contributed by atoms with Gasteiger partial charge in [-0.05, 0) is 55.7 Å². The van der Waals surface area contributed by atoms with E-state index in [1.54, 1.807) is 17.2 Å². The van der Waals surface area contributed by atoms with E-state index in [-0.39, 0.29) is 58.9 Å². The van der Waals surface area contributed by atoms with Crippen molar-refractivity contribution in [2.24, 2.45) is 0 Å². The van der Waals surface area contributed by atoms with Crippen LogP contribution in [0.2, 0.25) is 0 Å². The molecule has 6 rings (SSSR count). The number of ether oxygens (including phenoxy) is 2. The minimum absolute atomic E-state index is 0.0554. The summed E-state index contributed by atoms with van der Waals surface area (Å²) in [4.78, 5) is 40.1. The normalized spacial score (nSPS) is 17.7. The Morgan fingerprint density at radius 3 is 2.66 bits per heavy atom. The summed E-state index contributed by atoms with van der Waals surface area (Å²) in [6.07, 6.45) is 2.95. The largest absolute Gasteiger partial charge is 0.496 e. The molecule has 9 nitrogen and oxygen atoms in total. The van der Waals surface area contributed by atoms with E-state index in [0.29, 0.717) is 35.5 Å². The van der Waals surface area contributed by atoms with E-state index in [4.69, 9.17) is 14.5 Å². The third-order valence-electron chi connectivity index (χ3n) is 8.40. The second-order valence-electron chi connectivity index (χ2n) is 11.5. The molecule has 1 fully saturated rings. The maximum absolute atomic E-state index is 16.2. The first-order valence-corrected chi connectivity index (χ1v) is 14.5. The van der Waals surface area contributed by atoms with Crippen LogP contribution in [0, 0.1) is 18.6 Å². The lowest BCUT2D eigenvalue weighted by Gasteiger charge is -2.48. The van der Waals surface area contributed by atoms with Gasteiger partial charge in [0.2, 0.25) is 11.7 Å². The SMILES string of the molecule is C=CC(=O)N1C[C@@H]2COc3c(c4cc(F)c(-c5c(F)cccc5OC)nc4n(-c4c(C)ccnc4C(C)C)c3=O)N2C[C@H]1C. The predicted octanol–water partition coefficient (Wildman–Crippen LogP) is 5.15. The maximum Gasteiger partial charge on any atom is 0.301 e. The number of carbonyl (C=O) groups excluding carboxylic acids is 1. The van der Waals surface area contributed by atoms with Gasteiger partial charge in [0.15, 0.2) is 11.5 Å². The van der Waals surface area contributed by atoms with Crippen LogP contribution in [0.5, 0.6) is 11.5 Å². The first-order chi connectivity index (χ1) is 21.1. The summed E-state index contributed by atoms with van der Waals surface area (Å²) in [5, 5.41) is 0.314. The fraction of sp³-hybridized carbons (Fsp3) is 0.333. The first kappa shape index (κ1) is 29.3. The Hall–Kier alpha value is -4.80. The summed E-state index contributed by atoms with van der Waals surface area (Å²) in [6, 6.07) is 6.72.